The van der Waals surface area contributed by atoms with Gasteiger partial charge in [0.15, 0.2) is 0 Å². The highest BCUT2D eigenvalue weighted by Gasteiger charge is 2.15. The van der Waals surface area contributed by atoms with Crippen LogP contribution in [0.5, 0.6) is 0 Å². The average Bonchev–Trinajstić information content (AvgIpc) is 2.26. The third kappa shape index (κ3) is 8.65. The molecule has 0 saturated heterocycles. The SMILES string of the molecule is C=C/C=C(\C)CC[C@@H](O)C[C@@H](O)CC(=O)OC. The van der Waals surface area contributed by atoms with Crippen molar-refractivity contribution >= 4 is 5.97 Å². The Kier molecular flexibility index (Phi) is 8.36. The molecular weight excluding hydrogens is 220 g/mol. The summed E-state index contributed by atoms with van der Waals surface area (Å²) in [6.45, 7) is 5.55. The molecule has 0 saturated carbocycles. The molecule has 98 valence electrons. The first-order valence-electron chi connectivity index (χ1n) is 5.70. The number of esters is 1. The van der Waals surface area contributed by atoms with Crippen molar-refractivity contribution in [2.24, 2.45) is 0 Å². The first-order valence-corrected chi connectivity index (χ1v) is 5.70. The summed E-state index contributed by atoms with van der Waals surface area (Å²) < 4.78 is 4.43. The summed E-state index contributed by atoms with van der Waals surface area (Å²) in [6, 6.07) is 0. The van der Waals surface area contributed by atoms with Gasteiger partial charge < -0.3 is 14.9 Å². The summed E-state index contributed by atoms with van der Waals surface area (Å²) in [7, 11) is 1.27. The van der Waals surface area contributed by atoms with E-state index in [4.69, 9.17) is 0 Å². The molecule has 0 fully saturated rings. The molecule has 0 rings (SSSR count). The number of hydrogen-bond donors (Lipinski definition) is 2. The van der Waals surface area contributed by atoms with E-state index in [1.807, 2.05) is 13.0 Å². The normalized spacial score (nSPS) is 15.2. The van der Waals surface area contributed by atoms with E-state index in [0.717, 1.165) is 12.0 Å². The zero-order valence-corrected chi connectivity index (χ0v) is 10.6. The molecule has 2 atom stereocenters. The van der Waals surface area contributed by atoms with Crippen LogP contribution in [-0.4, -0.2) is 35.5 Å². The molecule has 0 aromatic rings. The van der Waals surface area contributed by atoms with Crippen LogP contribution in [-0.2, 0) is 9.53 Å². The van der Waals surface area contributed by atoms with Crippen LogP contribution in [0.3, 0.4) is 0 Å². The fourth-order valence-electron chi connectivity index (χ4n) is 1.47. The third-order valence-electron chi connectivity index (χ3n) is 2.45. The van der Waals surface area contributed by atoms with E-state index in [-0.39, 0.29) is 12.8 Å². The zero-order valence-electron chi connectivity index (χ0n) is 10.6. The number of carbonyl (C=O) groups is 1. The maximum absolute atomic E-state index is 10.9. The first-order chi connectivity index (χ1) is 7.99. The number of ether oxygens (including phenoxy) is 1. The summed E-state index contributed by atoms with van der Waals surface area (Å²) in [6.07, 6.45) is 3.56. The summed E-state index contributed by atoms with van der Waals surface area (Å²) >= 11 is 0. The maximum atomic E-state index is 10.9. The molecule has 0 spiro atoms. The fourth-order valence-corrected chi connectivity index (χ4v) is 1.47. The van der Waals surface area contributed by atoms with Crippen LogP contribution in [0.2, 0.25) is 0 Å². The highest BCUT2D eigenvalue weighted by molar-refractivity contribution is 5.69. The Morgan fingerprint density at radius 1 is 1.41 bits per heavy atom. The highest BCUT2D eigenvalue weighted by Crippen LogP contribution is 2.12. The average molecular weight is 242 g/mol. The van der Waals surface area contributed by atoms with Gasteiger partial charge in [-0.2, -0.15) is 0 Å². The Labute approximate surface area is 103 Å². The Balaban J connectivity index is 3.85. The van der Waals surface area contributed by atoms with E-state index < -0.39 is 18.2 Å². The van der Waals surface area contributed by atoms with Crippen LogP contribution in [0.15, 0.2) is 24.3 Å². The van der Waals surface area contributed by atoms with E-state index in [1.54, 1.807) is 6.08 Å². The lowest BCUT2D eigenvalue weighted by Crippen LogP contribution is -2.21. The van der Waals surface area contributed by atoms with E-state index in [2.05, 4.69) is 11.3 Å². The minimum absolute atomic E-state index is 0.0744. The number of hydrogen-bond acceptors (Lipinski definition) is 4. The van der Waals surface area contributed by atoms with Crippen LogP contribution < -0.4 is 0 Å². The molecular formula is C13H22O4. The molecule has 0 aliphatic heterocycles. The van der Waals surface area contributed by atoms with Crippen molar-refractivity contribution in [3.05, 3.63) is 24.3 Å². The smallest absolute Gasteiger partial charge is 0.308 e. The van der Waals surface area contributed by atoms with Crippen molar-refractivity contribution in [3.63, 3.8) is 0 Å². The molecule has 0 aliphatic carbocycles. The molecule has 0 radical (unpaired) electrons. The quantitative estimate of drug-likeness (QED) is 0.501. The lowest BCUT2D eigenvalue weighted by Gasteiger charge is -2.14. The van der Waals surface area contributed by atoms with Gasteiger partial charge in [-0.3, -0.25) is 4.79 Å². The van der Waals surface area contributed by atoms with Gasteiger partial charge in [-0.1, -0.05) is 24.3 Å². The van der Waals surface area contributed by atoms with Crippen LogP contribution >= 0.6 is 0 Å². The van der Waals surface area contributed by atoms with E-state index in [1.165, 1.54) is 7.11 Å². The van der Waals surface area contributed by atoms with E-state index in [9.17, 15) is 15.0 Å². The van der Waals surface area contributed by atoms with Gasteiger partial charge in [0, 0.05) is 0 Å². The molecule has 0 aromatic heterocycles. The molecule has 0 unspecified atom stereocenters. The van der Waals surface area contributed by atoms with Crippen LogP contribution in [0, 0.1) is 0 Å². The number of rotatable bonds is 8. The van der Waals surface area contributed by atoms with Gasteiger partial charge in [-0.25, -0.2) is 0 Å². The number of aliphatic hydroxyl groups is 2. The zero-order chi connectivity index (χ0) is 13.3. The second-order valence-corrected chi connectivity index (χ2v) is 4.11. The van der Waals surface area contributed by atoms with Gasteiger partial charge in [0.2, 0.25) is 0 Å². The lowest BCUT2D eigenvalue weighted by molar-refractivity contribution is -0.143. The second kappa shape index (κ2) is 8.96. The molecule has 0 aliphatic rings. The van der Waals surface area contributed by atoms with Gasteiger partial charge in [0.05, 0.1) is 25.7 Å². The monoisotopic (exact) mass is 242 g/mol. The van der Waals surface area contributed by atoms with Crippen molar-refractivity contribution in [2.75, 3.05) is 7.11 Å². The molecule has 4 nitrogen and oxygen atoms in total. The van der Waals surface area contributed by atoms with Crippen molar-refractivity contribution in [1.82, 2.24) is 0 Å². The predicted molar refractivity (Wildman–Crippen MR) is 66.5 cm³/mol. The topological polar surface area (TPSA) is 66.8 Å². The summed E-state index contributed by atoms with van der Waals surface area (Å²) in [5.41, 5.74) is 1.13. The Morgan fingerprint density at radius 2 is 2.06 bits per heavy atom. The van der Waals surface area contributed by atoms with Gasteiger partial charge in [-0.15, -0.1) is 0 Å². The van der Waals surface area contributed by atoms with Crippen molar-refractivity contribution < 1.29 is 19.7 Å². The van der Waals surface area contributed by atoms with Gasteiger partial charge in [0.1, 0.15) is 0 Å². The molecule has 2 N–H and O–H groups in total. The minimum Gasteiger partial charge on any atom is -0.469 e. The second-order valence-electron chi connectivity index (χ2n) is 4.11. The van der Waals surface area contributed by atoms with Gasteiger partial charge in [0.25, 0.3) is 0 Å². The standard InChI is InChI=1S/C13H22O4/c1-4-5-10(2)6-7-11(14)8-12(15)9-13(16)17-3/h4-5,11-12,14-15H,1,6-9H2,2-3H3/b10-5+/t11-,12-/m1/s1. The summed E-state index contributed by atoms with van der Waals surface area (Å²) in [5, 5.41) is 19.2. The highest BCUT2D eigenvalue weighted by atomic mass is 16.5. The molecule has 0 heterocycles. The van der Waals surface area contributed by atoms with E-state index in [0.29, 0.717) is 6.42 Å². The third-order valence-corrected chi connectivity index (χ3v) is 2.45. The largest absolute Gasteiger partial charge is 0.469 e. The van der Waals surface area contributed by atoms with Gasteiger partial charge in [-0.05, 0) is 26.2 Å². The van der Waals surface area contributed by atoms with Crippen LogP contribution in [0.25, 0.3) is 0 Å². The first kappa shape index (κ1) is 15.9. The predicted octanol–water partition coefficient (Wildman–Crippen LogP) is 1.57. The lowest BCUT2D eigenvalue weighted by atomic mass is 10.0. The molecule has 4 heteroatoms. The Morgan fingerprint density at radius 3 is 2.59 bits per heavy atom. The number of methoxy groups -OCH3 is 1. The van der Waals surface area contributed by atoms with Gasteiger partial charge >= 0.3 is 5.97 Å². The number of allylic oxidation sites excluding steroid dienone is 3. The maximum Gasteiger partial charge on any atom is 0.308 e. The summed E-state index contributed by atoms with van der Waals surface area (Å²) in [4.78, 5) is 10.9. The fraction of sp³-hybridized carbons (Fsp3) is 0.615. The van der Waals surface area contributed by atoms with E-state index >= 15 is 0 Å². The number of carbonyl (C=O) groups excluding carboxylic acids is 1. The molecule has 17 heavy (non-hydrogen) atoms. The molecule has 0 bridgehead atoms. The molecule has 0 aromatic carbocycles. The van der Waals surface area contributed by atoms with Crippen molar-refractivity contribution in [3.8, 4) is 0 Å². The summed E-state index contributed by atoms with van der Waals surface area (Å²) in [5.74, 6) is -0.465. The Hall–Kier alpha value is -1.13. The van der Waals surface area contributed by atoms with Crippen LogP contribution in [0.4, 0.5) is 0 Å². The minimum atomic E-state index is -0.846. The number of aliphatic hydroxyl groups excluding tert-OH is 2. The Bertz CT molecular complexity index is 271. The van der Waals surface area contributed by atoms with Crippen molar-refractivity contribution in [1.29, 1.82) is 0 Å². The van der Waals surface area contributed by atoms with Crippen LogP contribution in [0.1, 0.15) is 32.6 Å². The van der Waals surface area contributed by atoms with Crippen molar-refractivity contribution in [2.45, 2.75) is 44.8 Å². The molecule has 0 amide bonds.